The Kier molecular flexibility index (Phi) is 8.00. The molecular formula is C17H33NO4SSi. The Labute approximate surface area is 151 Å². The molecule has 0 amide bonds. The monoisotopic (exact) mass is 375 g/mol. The van der Waals surface area contributed by atoms with Gasteiger partial charge in [0.15, 0.2) is 8.32 Å². The Balaban J connectivity index is 2.61. The second-order valence-electron chi connectivity index (χ2n) is 7.67. The van der Waals surface area contributed by atoms with E-state index in [9.17, 15) is 9.35 Å². The zero-order chi connectivity index (χ0) is 18.5. The number of nitrogens with zero attached hydrogens (tertiary/aromatic N) is 1. The van der Waals surface area contributed by atoms with Gasteiger partial charge in [-0.15, -0.1) is 4.31 Å². The molecule has 0 saturated heterocycles. The first-order valence-electron chi connectivity index (χ1n) is 8.62. The molecule has 0 aromatic carbocycles. The lowest BCUT2D eigenvalue weighted by Gasteiger charge is -2.36. The Morgan fingerprint density at radius 1 is 1.46 bits per heavy atom. The fourth-order valence-electron chi connectivity index (χ4n) is 2.44. The molecule has 24 heavy (non-hydrogen) atoms. The van der Waals surface area contributed by atoms with Crippen LogP contribution in [0.15, 0.2) is 11.6 Å². The molecule has 5 nitrogen and oxygen atoms in total. The number of esters is 1. The number of hydrogen-bond acceptors (Lipinski definition) is 5. The first kappa shape index (κ1) is 21.7. The van der Waals surface area contributed by atoms with E-state index in [1.807, 2.05) is 10.4 Å². The lowest BCUT2D eigenvalue weighted by Crippen LogP contribution is -2.41. The van der Waals surface area contributed by atoms with E-state index in [1.54, 1.807) is 13.2 Å². The molecule has 140 valence electrons. The molecule has 0 aromatic heterocycles. The van der Waals surface area contributed by atoms with Crippen LogP contribution < -0.4 is 0 Å². The zero-order valence-corrected chi connectivity index (χ0v) is 18.0. The van der Waals surface area contributed by atoms with Crippen molar-refractivity contribution in [2.45, 2.75) is 64.7 Å². The Morgan fingerprint density at radius 3 is 2.58 bits per heavy atom. The molecule has 0 bridgehead atoms. The molecule has 1 aliphatic rings. The van der Waals surface area contributed by atoms with E-state index in [-0.39, 0.29) is 17.0 Å². The first-order chi connectivity index (χ1) is 11.0. The second kappa shape index (κ2) is 8.85. The average Bonchev–Trinajstić information content (AvgIpc) is 2.86. The van der Waals surface area contributed by atoms with Gasteiger partial charge >= 0.3 is 5.97 Å². The van der Waals surface area contributed by atoms with Gasteiger partial charge in [-0.1, -0.05) is 26.8 Å². The normalized spacial score (nSPS) is 20.8. The first-order valence-corrected chi connectivity index (χ1v) is 13.0. The predicted molar refractivity (Wildman–Crippen MR) is 102 cm³/mol. The molecule has 2 atom stereocenters. The van der Waals surface area contributed by atoms with Gasteiger partial charge in [0.05, 0.1) is 24.8 Å². The van der Waals surface area contributed by atoms with E-state index >= 15 is 0 Å². The molecule has 0 N–H and O–H groups in total. The number of hydrogen-bond donors (Lipinski definition) is 0. The molecule has 0 aliphatic carbocycles. The van der Waals surface area contributed by atoms with Crippen molar-refractivity contribution >= 4 is 25.6 Å². The van der Waals surface area contributed by atoms with Crippen LogP contribution in [0.4, 0.5) is 0 Å². The molecule has 1 heterocycles. The molecule has 0 aromatic rings. The number of ether oxygens (including phenoxy) is 1. The standard InChI is InChI=1S/C17H33NO4SSi/c1-8-21-16(19)14-11-12-18(23(5)20)15(14)10-9-13-22-24(6,7)17(2,3)4/h11,15H,8-10,12-13H2,1-7H3/t15-,23-/m1/s1. The molecule has 0 unspecified atom stereocenters. The van der Waals surface area contributed by atoms with Crippen LogP contribution in [0.3, 0.4) is 0 Å². The van der Waals surface area contributed by atoms with Crippen LogP contribution in [-0.2, 0) is 25.3 Å². The number of rotatable bonds is 8. The summed E-state index contributed by atoms with van der Waals surface area (Å²) in [5.41, 5.74) is 0.638. The molecule has 7 heteroatoms. The molecule has 1 rings (SSSR count). The van der Waals surface area contributed by atoms with Crippen LogP contribution in [0.25, 0.3) is 0 Å². The Bertz CT molecular complexity index is 460. The minimum atomic E-state index is -1.75. The van der Waals surface area contributed by atoms with Crippen molar-refractivity contribution in [1.82, 2.24) is 4.31 Å². The zero-order valence-electron chi connectivity index (χ0n) is 16.2. The fourth-order valence-corrected chi connectivity index (χ4v) is 4.39. The number of carbonyl (C=O) groups is 1. The van der Waals surface area contributed by atoms with Crippen molar-refractivity contribution in [2.24, 2.45) is 0 Å². The summed E-state index contributed by atoms with van der Waals surface area (Å²) in [4.78, 5) is 12.1. The minimum Gasteiger partial charge on any atom is -0.598 e. The smallest absolute Gasteiger partial charge is 0.335 e. The largest absolute Gasteiger partial charge is 0.598 e. The van der Waals surface area contributed by atoms with Crippen LogP contribution in [0.2, 0.25) is 18.1 Å². The van der Waals surface area contributed by atoms with Gasteiger partial charge in [-0.25, -0.2) is 4.79 Å². The highest BCUT2D eigenvalue weighted by atomic mass is 32.2. The summed E-state index contributed by atoms with van der Waals surface area (Å²) < 4.78 is 25.1. The van der Waals surface area contributed by atoms with Crippen molar-refractivity contribution in [3.05, 3.63) is 11.6 Å². The lowest BCUT2D eigenvalue weighted by atomic mass is 10.1. The van der Waals surface area contributed by atoms with Gasteiger partial charge in [-0.2, -0.15) is 0 Å². The van der Waals surface area contributed by atoms with Crippen molar-refractivity contribution in [3.63, 3.8) is 0 Å². The van der Waals surface area contributed by atoms with E-state index in [2.05, 4.69) is 33.9 Å². The van der Waals surface area contributed by atoms with Crippen molar-refractivity contribution in [2.75, 3.05) is 26.0 Å². The van der Waals surface area contributed by atoms with E-state index in [1.165, 1.54) is 0 Å². The maximum Gasteiger partial charge on any atom is 0.335 e. The number of carbonyl (C=O) groups excluding carboxylic acids is 1. The van der Waals surface area contributed by atoms with E-state index in [4.69, 9.17) is 9.16 Å². The highest BCUT2D eigenvalue weighted by Crippen LogP contribution is 2.36. The van der Waals surface area contributed by atoms with Gasteiger partial charge in [0.2, 0.25) is 0 Å². The van der Waals surface area contributed by atoms with Crippen molar-refractivity contribution < 1.29 is 18.5 Å². The van der Waals surface area contributed by atoms with Crippen molar-refractivity contribution in [1.29, 1.82) is 0 Å². The van der Waals surface area contributed by atoms with Crippen molar-refractivity contribution in [3.8, 4) is 0 Å². The van der Waals surface area contributed by atoms with Crippen LogP contribution in [0, 0.1) is 0 Å². The molecule has 0 spiro atoms. The second-order valence-corrected chi connectivity index (χ2v) is 13.8. The Morgan fingerprint density at radius 2 is 2.08 bits per heavy atom. The minimum absolute atomic E-state index is 0.141. The summed E-state index contributed by atoms with van der Waals surface area (Å²) in [6.07, 6.45) is 5.08. The summed E-state index contributed by atoms with van der Waals surface area (Å²) in [6, 6.07) is -0.141. The summed E-state index contributed by atoms with van der Waals surface area (Å²) in [7, 11) is -1.75. The Hall–Kier alpha value is -0.343. The van der Waals surface area contributed by atoms with Gasteiger partial charge in [0.1, 0.15) is 6.26 Å². The lowest BCUT2D eigenvalue weighted by molar-refractivity contribution is -0.138. The molecule has 0 fully saturated rings. The highest BCUT2D eigenvalue weighted by Gasteiger charge is 2.39. The maximum absolute atomic E-state index is 12.1. The average molecular weight is 376 g/mol. The fraction of sp³-hybridized carbons (Fsp3) is 0.824. The quantitative estimate of drug-likeness (QED) is 0.282. The molecular weight excluding hydrogens is 342 g/mol. The van der Waals surface area contributed by atoms with Crippen LogP contribution in [-0.4, -0.2) is 55.2 Å². The van der Waals surface area contributed by atoms with Gasteiger partial charge in [-0.3, -0.25) is 0 Å². The summed E-state index contributed by atoms with van der Waals surface area (Å²) in [6.45, 7) is 14.5. The molecule has 1 aliphatic heterocycles. The third-order valence-electron chi connectivity index (χ3n) is 4.93. The maximum atomic E-state index is 12.1. The van der Waals surface area contributed by atoms with Gasteiger partial charge in [-0.05, 0) is 37.9 Å². The third-order valence-corrected chi connectivity index (χ3v) is 10.5. The molecule has 0 saturated carbocycles. The van der Waals surface area contributed by atoms with Crippen LogP contribution >= 0.6 is 0 Å². The molecule has 0 radical (unpaired) electrons. The SMILES string of the molecule is CCOC(=O)C1=CCN([S@@+](C)[O-])[C@@H]1CCCO[Si](C)(C)C(C)(C)C. The van der Waals surface area contributed by atoms with Crippen LogP contribution in [0.5, 0.6) is 0 Å². The van der Waals surface area contributed by atoms with Crippen LogP contribution in [0.1, 0.15) is 40.5 Å². The van der Waals surface area contributed by atoms with Gasteiger partial charge < -0.3 is 13.7 Å². The summed E-state index contributed by atoms with van der Waals surface area (Å²) >= 11 is -1.11. The van der Waals surface area contributed by atoms with E-state index in [0.717, 1.165) is 12.8 Å². The van der Waals surface area contributed by atoms with Gasteiger partial charge in [0.25, 0.3) is 0 Å². The van der Waals surface area contributed by atoms with E-state index in [0.29, 0.717) is 25.3 Å². The topological polar surface area (TPSA) is 61.8 Å². The van der Waals surface area contributed by atoms with E-state index < -0.39 is 19.7 Å². The highest BCUT2D eigenvalue weighted by molar-refractivity contribution is 7.88. The summed E-state index contributed by atoms with van der Waals surface area (Å²) in [5, 5.41) is 0.188. The predicted octanol–water partition coefficient (Wildman–Crippen LogP) is 3.26. The third kappa shape index (κ3) is 5.59. The van der Waals surface area contributed by atoms with Gasteiger partial charge in [0, 0.05) is 18.0 Å². The summed E-state index contributed by atoms with van der Waals surface area (Å²) in [5.74, 6) is -0.291.